The van der Waals surface area contributed by atoms with Crippen molar-refractivity contribution in [3.8, 4) is 0 Å². The maximum Gasteiger partial charge on any atom is 0.192 e. The summed E-state index contributed by atoms with van der Waals surface area (Å²) in [7, 11) is 0. The summed E-state index contributed by atoms with van der Waals surface area (Å²) in [5.74, 6) is 0. The molecule has 0 aliphatic heterocycles. The molecule has 0 aromatic carbocycles. The Hall–Kier alpha value is -1.46. The first-order valence-electron chi connectivity index (χ1n) is 4.90. The Morgan fingerprint density at radius 3 is 2.94 bits per heavy atom. The third kappa shape index (κ3) is 2.56. The third-order valence-electron chi connectivity index (χ3n) is 2.06. The standard InChI is InChI=1S/C11H12N4S/c1-8-2-5-14-11(15-8)16-10-7-13-4-3-9(10)6-12/h2-5,7H,6,12H2,1H3. The molecule has 82 valence electrons. The van der Waals surface area contributed by atoms with E-state index in [0.717, 1.165) is 21.3 Å². The molecule has 5 heteroatoms. The number of hydrogen-bond acceptors (Lipinski definition) is 5. The Kier molecular flexibility index (Phi) is 3.48. The molecule has 0 unspecified atom stereocenters. The van der Waals surface area contributed by atoms with Gasteiger partial charge >= 0.3 is 0 Å². The Bertz CT molecular complexity index is 487. The zero-order valence-corrected chi connectivity index (χ0v) is 9.74. The maximum atomic E-state index is 5.65. The van der Waals surface area contributed by atoms with Gasteiger partial charge in [-0.25, -0.2) is 9.97 Å². The van der Waals surface area contributed by atoms with Crippen molar-refractivity contribution in [2.45, 2.75) is 23.5 Å². The lowest BCUT2D eigenvalue weighted by molar-refractivity contribution is 0.926. The van der Waals surface area contributed by atoms with E-state index in [0.29, 0.717) is 6.54 Å². The molecule has 0 fully saturated rings. The molecule has 0 radical (unpaired) electrons. The Morgan fingerprint density at radius 1 is 1.31 bits per heavy atom. The van der Waals surface area contributed by atoms with Crippen molar-refractivity contribution in [1.82, 2.24) is 15.0 Å². The van der Waals surface area contributed by atoms with Crippen LogP contribution in [0.1, 0.15) is 11.3 Å². The molecule has 2 N–H and O–H groups in total. The van der Waals surface area contributed by atoms with Gasteiger partial charge in [0.15, 0.2) is 5.16 Å². The van der Waals surface area contributed by atoms with Gasteiger partial charge in [-0.3, -0.25) is 4.98 Å². The maximum absolute atomic E-state index is 5.65. The monoisotopic (exact) mass is 232 g/mol. The van der Waals surface area contributed by atoms with Crippen LogP contribution in [0.25, 0.3) is 0 Å². The van der Waals surface area contributed by atoms with E-state index in [1.54, 1.807) is 18.6 Å². The molecule has 0 amide bonds. The first-order chi connectivity index (χ1) is 7.79. The van der Waals surface area contributed by atoms with Crippen molar-refractivity contribution in [3.05, 3.63) is 42.0 Å². The quantitative estimate of drug-likeness (QED) is 0.817. The Balaban J connectivity index is 2.26. The fourth-order valence-corrected chi connectivity index (χ4v) is 2.14. The average Bonchev–Trinajstić information content (AvgIpc) is 2.30. The van der Waals surface area contributed by atoms with E-state index >= 15 is 0 Å². The van der Waals surface area contributed by atoms with Crippen LogP contribution in [0.4, 0.5) is 0 Å². The molecule has 0 saturated heterocycles. The van der Waals surface area contributed by atoms with Crippen molar-refractivity contribution < 1.29 is 0 Å². The van der Waals surface area contributed by atoms with Crippen LogP contribution >= 0.6 is 11.8 Å². The molecule has 0 spiro atoms. The minimum Gasteiger partial charge on any atom is -0.326 e. The molecule has 16 heavy (non-hydrogen) atoms. The van der Waals surface area contributed by atoms with Crippen molar-refractivity contribution >= 4 is 11.8 Å². The highest BCUT2D eigenvalue weighted by Gasteiger charge is 2.05. The molecular weight excluding hydrogens is 220 g/mol. The van der Waals surface area contributed by atoms with E-state index in [2.05, 4.69) is 15.0 Å². The topological polar surface area (TPSA) is 64.7 Å². The minimum atomic E-state index is 0.497. The number of rotatable bonds is 3. The zero-order valence-electron chi connectivity index (χ0n) is 8.92. The van der Waals surface area contributed by atoms with Crippen LogP contribution in [0.15, 0.2) is 40.8 Å². The number of pyridine rings is 1. The number of nitrogens with zero attached hydrogens (tertiary/aromatic N) is 3. The largest absolute Gasteiger partial charge is 0.326 e. The van der Waals surface area contributed by atoms with Gasteiger partial charge in [-0.2, -0.15) is 0 Å². The van der Waals surface area contributed by atoms with Crippen LogP contribution in [-0.4, -0.2) is 15.0 Å². The smallest absolute Gasteiger partial charge is 0.192 e. The summed E-state index contributed by atoms with van der Waals surface area (Å²) >= 11 is 1.49. The molecule has 0 bridgehead atoms. The van der Waals surface area contributed by atoms with E-state index in [4.69, 9.17) is 5.73 Å². The van der Waals surface area contributed by atoms with Crippen molar-refractivity contribution in [1.29, 1.82) is 0 Å². The second kappa shape index (κ2) is 5.05. The van der Waals surface area contributed by atoms with Gasteiger partial charge in [0.05, 0.1) is 0 Å². The highest BCUT2D eigenvalue weighted by atomic mass is 32.2. The number of nitrogens with two attached hydrogens (primary N) is 1. The summed E-state index contributed by atoms with van der Waals surface area (Å²) in [6.45, 7) is 2.44. The van der Waals surface area contributed by atoms with E-state index < -0.39 is 0 Å². The van der Waals surface area contributed by atoms with Gasteiger partial charge < -0.3 is 5.73 Å². The van der Waals surface area contributed by atoms with Gasteiger partial charge in [-0.1, -0.05) is 0 Å². The van der Waals surface area contributed by atoms with Crippen LogP contribution in [0.3, 0.4) is 0 Å². The van der Waals surface area contributed by atoms with Crippen LogP contribution in [0, 0.1) is 6.92 Å². The van der Waals surface area contributed by atoms with Crippen molar-refractivity contribution in [2.75, 3.05) is 0 Å². The highest BCUT2D eigenvalue weighted by molar-refractivity contribution is 7.99. The molecular formula is C11H12N4S. The molecule has 0 aliphatic rings. The van der Waals surface area contributed by atoms with Gasteiger partial charge in [0.2, 0.25) is 0 Å². The third-order valence-corrected chi connectivity index (χ3v) is 3.03. The number of hydrogen-bond donors (Lipinski definition) is 1. The lowest BCUT2D eigenvalue weighted by Crippen LogP contribution is -1.99. The first kappa shape index (κ1) is 11.0. The van der Waals surface area contributed by atoms with E-state index in [-0.39, 0.29) is 0 Å². The van der Waals surface area contributed by atoms with Gasteiger partial charge in [0.1, 0.15) is 0 Å². The summed E-state index contributed by atoms with van der Waals surface area (Å²) < 4.78 is 0. The highest BCUT2D eigenvalue weighted by Crippen LogP contribution is 2.26. The molecule has 0 atom stereocenters. The van der Waals surface area contributed by atoms with Crippen LogP contribution in [-0.2, 0) is 6.54 Å². The van der Waals surface area contributed by atoms with Gasteiger partial charge in [0.25, 0.3) is 0 Å². The minimum absolute atomic E-state index is 0.497. The lowest BCUT2D eigenvalue weighted by atomic mass is 10.3. The Morgan fingerprint density at radius 2 is 2.19 bits per heavy atom. The molecule has 2 aromatic heterocycles. The molecule has 2 aromatic rings. The fraction of sp³-hybridized carbons (Fsp3) is 0.182. The van der Waals surface area contributed by atoms with Crippen molar-refractivity contribution in [2.24, 2.45) is 5.73 Å². The molecule has 0 aliphatic carbocycles. The molecule has 4 nitrogen and oxygen atoms in total. The van der Waals surface area contributed by atoms with Crippen LogP contribution in [0.5, 0.6) is 0 Å². The predicted octanol–water partition coefficient (Wildman–Crippen LogP) is 1.79. The number of aryl methyl sites for hydroxylation is 1. The fourth-order valence-electron chi connectivity index (χ4n) is 1.24. The Labute approximate surface area is 98.3 Å². The van der Waals surface area contributed by atoms with Gasteiger partial charge in [0, 0.05) is 35.7 Å². The van der Waals surface area contributed by atoms with E-state index in [1.807, 2.05) is 19.1 Å². The molecule has 2 rings (SSSR count). The van der Waals surface area contributed by atoms with Crippen LogP contribution < -0.4 is 5.73 Å². The van der Waals surface area contributed by atoms with Crippen molar-refractivity contribution in [3.63, 3.8) is 0 Å². The molecule has 2 heterocycles. The summed E-state index contributed by atoms with van der Waals surface area (Å²) in [6.07, 6.45) is 5.28. The second-order valence-corrected chi connectivity index (χ2v) is 4.28. The summed E-state index contributed by atoms with van der Waals surface area (Å²) in [4.78, 5) is 13.6. The normalized spacial score (nSPS) is 10.4. The first-order valence-corrected chi connectivity index (χ1v) is 5.71. The summed E-state index contributed by atoms with van der Waals surface area (Å²) in [5.41, 5.74) is 7.67. The summed E-state index contributed by atoms with van der Waals surface area (Å²) in [5, 5.41) is 0.725. The lowest BCUT2D eigenvalue weighted by Gasteiger charge is -2.05. The number of aromatic nitrogens is 3. The van der Waals surface area contributed by atoms with E-state index in [1.165, 1.54) is 11.8 Å². The molecule has 0 saturated carbocycles. The van der Waals surface area contributed by atoms with Gasteiger partial charge in [-0.05, 0) is 36.4 Å². The predicted molar refractivity (Wildman–Crippen MR) is 63.0 cm³/mol. The van der Waals surface area contributed by atoms with Gasteiger partial charge in [-0.15, -0.1) is 0 Å². The van der Waals surface area contributed by atoms with Crippen LogP contribution in [0.2, 0.25) is 0 Å². The second-order valence-electron chi connectivity index (χ2n) is 3.27. The zero-order chi connectivity index (χ0) is 11.4. The van der Waals surface area contributed by atoms with E-state index in [9.17, 15) is 0 Å². The SMILES string of the molecule is Cc1ccnc(Sc2cnccc2CN)n1. The summed E-state index contributed by atoms with van der Waals surface area (Å²) in [6, 6.07) is 3.79. The average molecular weight is 232 g/mol.